The van der Waals surface area contributed by atoms with Crippen LogP contribution in [0.25, 0.3) is 22.4 Å². The van der Waals surface area contributed by atoms with Crippen molar-refractivity contribution in [2.24, 2.45) is 0 Å². The Hall–Kier alpha value is -2.07. The summed E-state index contributed by atoms with van der Waals surface area (Å²) in [5, 5.41) is 1.43. The van der Waals surface area contributed by atoms with Crippen molar-refractivity contribution in [3.8, 4) is 11.5 Å². The maximum absolute atomic E-state index is 11.2. The van der Waals surface area contributed by atoms with E-state index in [9.17, 15) is 4.79 Å². The van der Waals surface area contributed by atoms with Gasteiger partial charge in [-0.2, -0.15) is 0 Å². The van der Waals surface area contributed by atoms with Gasteiger partial charge in [-0.05, 0) is 12.1 Å². The molecule has 3 aromatic rings. The molecular weight excluding hydrogens is 240 g/mol. The van der Waals surface area contributed by atoms with Crippen LogP contribution in [0.3, 0.4) is 0 Å². The molecule has 0 aliphatic rings. The highest BCUT2D eigenvalue weighted by atomic mass is 35.5. The maximum Gasteiger partial charge on any atom is 0.266 e. The highest BCUT2D eigenvalue weighted by Gasteiger charge is 2.09. The molecule has 4 nitrogen and oxygen atoms in total. The number of nitrogens with zero attached hydrogens (tertiary/aromatic N) is 1. The van der Waals surface area contributed by atoms with Crippen molar-refractivity contribution in [1.82, 2.24) is 9.97 Å². The van der Waals surface area contributed by atoms with Crippen molar-refractivity contribution < 1.29 is 4.42 Å². The Kier molecular flexibility index (Phi) is 2.23. The fourth-order valence-electron chi connectivity index (χ4n) is 1.66. The Balaban J connectivity index is 2.25. The maximum atomic E-state index is 11.2. The van der Waals surface area contributed by atoms with Crippen LogP contribution >= 0.6 is 11.6 Å². The summed E-state index contributed by atoms with van der Waals surface area (Å²) in [7, 11) is 0. The summed E-state index contributed by atoms with van der Waals surface area (Å²) in [6, 6.07) is 7.30. The fraction of sp³-hybridized carbons (Fsp3) is 0. The molecule has 0 aliphatic carbocycles. The number of aromatic amines is 1. The van der Waals surface area contributed by atoms with Gasteiger partial charge >= 0.3 is 0 Å². The van der Waals surface area contributed by atoms with Gasteiger partial charge in [0.1, 0.15) is 5.69 Å². The molecule has 0 spiro atoms. The predicted octanol–water partition coefficient (Wildman–Crippen LogP) is 2.84. The van der Waals surface area contributed by atoms with Gasteiger partial charge in [-0.1, -0.05) is 23.7 Å². The van der Waals surface area contributed by atoms with Gasteiger partial charge in [0, 0.05) is 5.39 Å². The Labute approximate surface area is 101 Å². The van der Waals surface area contributed by atoms with Crippen molar-refractivity contribution in [3.05, 3.63) is 52.0 Å². The minimum Gasteiger partial charge on any atom is -0.453 e. The Morgan fingerprint density at radius 3 is 2.94 bits per heavy atom. The molecule has 1 aromatic carbocycles. The summed E-state index contributed by atoms with van der Waals surface area (Å²) in [5.41, 5.74) is 0.868. The molecule has 2 aromatic heterocycles. The second kappa shape index (κ2) is 3.75. The second-order valence-electron chi connectivity index (χ2n) is 3.58. The zero-order valence-corrected chi connectivity index (χ0v) is 9.36. The van der Waals surface area contributed by atoms with Gasteiger partial charge in [-0.3, -0.25) is 9.78 Å². The minimum atomic E-state index is -0.269. The van der Waals surface area contributed by atoms with E-state index in [1.807, 2.05) is 18.2 Å². The van der Waals surface area contributed by atoms with E-state index in [1.165, 1.54) is 12.4 Å². The lowest BCUT2D eigenvalue weighted by Crippen LogP contribution is -2.05. The average molecular weight is 247 g/mol. The van der Waals surface area contributed by atoms with Gasteiger partial charge in [-0.25, -0.2) is 0 Å². The molecule has 0 saturated carbocycles. The highest BCUT2D eigenvalue weighted by molar-refractivity contribution is 6.34. The van der Waals surface area contributed by atoms with Crippen LogP contribution in [0.15, 0.2) is 45.9 Å². The number of hydrogen-bond donors (Lipinski definition) is 1. The standard InChI is InChI=1S/C12H7ClN2O2/c13-8-3-1-2-7-4-10(17-12(7)8)9-5-14-6-11(16)15-9/h1-6H,(H,15,16). The van der Waals surface area contributed by atoms with E-state index in [0.717, 1.165) is 5.39 Å². The molecule has 0 fully saturated rings. The van der Waals surface area contributed by atoms with Gasteiger partial charge < -0.3 is 9.40 Å². The molecule has 5 heteroatoms. The third-order valence-corrected chi connectivity index (χ3v) is 2.71. The van der Waals surface area contributed by atoms with Crippen molar-refractivity contribution in [1.29, 1.82) is 0 Å². The zero-order valence-electron chi connectivity index (χ0n) is 8.61. The van der Waals surface area contributed by atoms with Crippen LogP contribution in [0, 0.1) is 0 Å². The van der Waals surface area contributed by atoms with Crippen LogP contribution in [-0.4, -0.2) is 9.97 Å². The third-order valence-electron chi connectivity index (χ3n) is 2.41. The number of rotatable bonds is 1. The monoisotopic (exact) mass is 246 g/mol. The molecule has 1 N–H and O–H groups in total. The molecule has 0 bridgehead atoms. The van der Waals surface area contributed by atoms with Gasteiger partial charge in [0.2, 0.25) is 0 Å². The molecule has 84 valence electrons. The van der Waals surface area contributed by atoms with Crippen LogP contribution < -0.4 is 5.56 Å². The van der Waals surface area contributed by atoms with Crippen molar-refractivity contribution in [2.75, 3.05) is 0 Å². The molecule has 0 unspecified atom stereocenters. The van der Waals surface area contributed by atoms with E-state index >= 15 is 0 Å². The number of hydrogen-bond acceptors (Lipinski definition) is 3. The number of fused-ring (bicyclic) bond motifs is 1. The van der Waals surface area contributed by atoms with Crippen LogP contribution in [0.4, 0.5) is 0 Å². The quantitative estimate of drug-likeness (QED) is 0.718. The lowest BCUT2D eigenvalue weighted by atomic mass is 10.2. The molecule has 3 rings (SSSR count). The first-order valence-electron chi connectivity index (χ1n) is 4.97. The summed E-state index contributed by atoms with van der Waals surface area (Å²) >= 11 is 6.01. The van der Waals surface area contributed by atoms with Gasteiger partial charge in [0.15, 0.2) is 11.3 Å². The number of aromatic nitrogens is 2. The van der Waals surface area contributed by atoms with Crippen LogP contribution in [0.5, 0.6) is 0 Å². The Morgan fingerprint density at radius 2 is 2.18 bits per heavy atom. The van der Waals surface area contributed by atoms with Crippen molar-refractivity contribution in [2.45, 2.75) is 0 Å². The fourth-order valence-corrected chi connectivity index (χ4v) is 1.88. The first-order chi connectivity index (χ1) is 8.24. The van der Waals surface area contributed by atoms with Gasteiger partial charge in [0.25, 0.3) is 5.56 Å². The SMILES string of the molecule is O=c1cncc(-c2cc3cccc(Cl)c3o2)[nH]1. The number of benzene rings is 1. The highest BCUT2D eigenvalue weighted by Crippen LogP contribution is 2.30. The first kappa shape index (κ1) is 10.1. The normalized spacial score (nSPS) is 10.9. The number of para-hydroxylation sites is 1. The summed E-state index contributed by atoms with van der Waals surface area (Å²) in [6.07, 6.45) is 2.74. The number of halogens is 1. The molecule has 0 atom stereocenters. The van der Waals surface area contributed by atoms with Crippen LogP contribution in [0.1, 0.15) is 0 Å². The zero-order chi connectivity index (χ0) is 11.8. The molecule has 0 radical (unpaired) electrons. The summed E-state index contributed by atoms with van der Waals surface area (Å²) in [5.74, 6) is 0.540. The van der Waals surface area contributed by atoms with E-state index in [4.69, 9.17) is 16.0 Å². The number of nitrogens with one attached hydrogen (secondary N) is 1. The summed E-state index contributed by atoms with van der Waals surface area (Å²) in [4.78, 5) is 17.6. The summed E-state index contributed by atoms with van der Waals surface area (Å²) in [6.45, 7) is 0. The molecule has 0 saturated heterocycles. The number of furan rings is 1. The topological polar surface area (TPSA) is 58.9 Å². The first-order valence-corrected chi connectivity index (χ1v) is 5.34. The van der Waals surface area contributed by atoms with Gasteiger partial charge in [-0.15, -0.1) is 0 Å². The molecule has 2 heterocycles. The predicted molar refractivity (Wildman–Crippen MR) is 65.1 cm³/mol. The van der Waals surface area contributed by atoms with Crippen molar-refractivity contribution >= 4 is 22.6 Å². The average Bonchev–Trinajstić information content (AvgIpc) is 2.74. The minimum absolute atomic E-state index is 0.269. The molecule has 0 amide bonds. The molecular formula is C12H7ClN2O2. The Bertz CT molecular complexity index is 745. The second-order valence-corrected chi connectivity index (χ2v) is 3.99. The smallest absolute Gasteiger partial charge is 0.266 e. The van der Waals surface area contributed by atoms with Crippen LogP contribution in [0.2, 0.25) is 5.02 Å². The van der Waals surface area contributed by atoms with E-state index in [2.05, 4.69) is 9.97 Å². The van der Waals surface area contributed by atoms with E-state index < -0.39 is 0 Å². The molecule has 17 heavy (non-hydrogen) atoms. The van der Waals surface area contributed by atoms with E-state index in [1.54, 1.807) is 6.07 Å². The third kappa shape index (κ3) is 1.72. The largest absolute Gasteiger partial charge is 0.453 e. The van der Waals surface area contributed by atoms with E-state index in [0.29, 0.717) is 22.1 Å². The van der Waals surface area contributed by atoms with Crippen LogP contribution in [-0.2, 0) is 0 Å². The summed E-state index contributed by atoms with van der Waals surface area (Å²) < 4.78 is 5.60. The van der Waals surface area contributed by atoms with Gasteiger partial charge in [0.05, 0.1) is 17.4 Å². The molecule has 0 aliphatic heterocycles. The lowest BCUT2D eigenvalue weighted by molar-refractivity contribution is 0.628. The van der Waals surface area contributed by atoms with Crippen molar-refractivity contribution in [3.63, 3.8) is 0 Å². The Morgan fingerprint density at radius 1 is 1.29 bits per heavy atom. The number of H-pyrrole nitrogens is 1. The lowest BCUT2D eigenvalue weighted by Gasteiger charge is -1.94. The van der Waals surface area contributed by atoms with E-state index in [-0.39, 0.29) is 5.56 Å².